The Morgan fingerprint density at radius 1 is 1.07 bits per heavy atom. The van der Waals surface area contributed by atoms with Gasteiger partial charge >= 0.3 is 5.97 Å². The number of sulfone groups is 1. The minimum atomic E-state index is -3.52. The highest BCUT2D eigenvalue weighted by Crippen LogP contribution is 2.20. The number of esters is 1. The van der Waals surface area contributed by atoms with Crippen LogP contribution in [0.5, 0.6) is 0 Å². The second-order valence-electron chi connectivity index (χ2n) is 6.09. The summed E-state index contributed by atoms with van der Waals surface area (Å²) in [6.07, 6.45) is -0.223. The minimum Gasteiger partial charge on any atom is -0.459 e. The first kappa shape index (κ1) is 18.8. The number of rotatable bonds is 7. The van der Waals surface area contributed by atoms with Crippen LogP contribution in [0, 0.1) is 6.92 Å². The minimum absolute atomic E-state index is 0.0697. The average Bonchev–Trinajstić information content (AvgIpc) is 3.15. The van der Waals surface area contributed by atoms with Gasteiger partial charge in [-0.3, -0.25) is 4.79 Å². The Bertz CT molecular complexity index is 1010. The van der Waals surface area contributed by atoms with Crippen LogP contribution in [0.4, 0.5) is 0 Å². The van der Waals surface area contributed by atoms with E-state index in [9.17, 15) is 13.2 Å². The highest BCUT2D eigenvalue weighted by Gasteiger charge is 2.17. The van der Waals surface area contributed by atoms with Crippen molar-refractivity contribution in [3.05, 3.63) is 71.9 Å². The van der Waals surface area contributed by atoms with Crippen molar-refractivity contribution in [2.24, 2.45) is 0 Å². The lowest BCUT2D eigenvalue weighted by Gasteiger charge is -2.05. The summed E-state index contributed by atoms with van der Waals surface area (Å²) in [7, 11) is -3.52. The van der Waals surface area contributed by atoms with Gasteiger partial charge in [0.2, 0.25) is 0 Å². The molecule has 0 amide bonds. The van der Waals surface area contributed by atoms with E-state index in [1.54, 1.807) is 18.2 Å². The van der Waals surface area contributed by atoms with Crippen LogP contribution in [-0.4, -0.2) is 25.3 Å². The van der Waals surface area contributed by atoms with Crippen molar-refractivity contribution in [3.63, 3.8) is 0 Å². The number of carbonyl (C=O) groups excluding carboxylic acids is 1. The lowest BCUT2D eigenvalue weighted by molar-refractivity contribution is -0.144. The molecule has 27 heavy (non-hydrogen) atoms. The Hall–Kier alpha value is -2.93. The molecular weight excluding hydrogens is 366 g/mol. The second kappa shape index (κ2) is 8.18. The molecule has 0 fully saturated rings. The molecule has 0 unspecified atom stereocenters. The molecule has 0 spiro atoms. The normalized spacial score (nSPS) is 11.3. The van der Waals surface area contributed by atoms with E-state index in [0.717, 1.165) is 11.1 Å². The summed E-state index contributed by atoms with van der Waals surface area (Å²) < 4.78 is 34.8. The van der Waals surface area contributed by atoms with E-state index in [2.05, 4.69) is 5.16 Å². The quantitative estimate of drug-likeness (QED) is 0.578. The molecule has 2 aromatic carbocycles. The molecule has 0 saturated heterocycles. The summed E-state index contributed by atoms with van der Waals surface area (Å²) in [6, 6.07) is 17.6. The standard InChI is InChI=1S/C20H19NO5S/c1-15-7-9-18(10-8-15)27(23,24)12-11-20(22)25-14-17-13-19(26-21-17)16-5-3-2-4-6-16/h2-10,13H,11-12,14H2,1H3. The van der Waals surface area contributed by atoms with Crippen molar-refractivity contribution in [1.29, 1.82) is 0 Å². The van der Waals surface area contributed by atoms with Crippen LogP contribution in [0.2, 0.25) is 0 Å². The van der Waals surface area contributed by atoms with E-state index in [-0.39, 0.29) is 23.7 Å². The van der Waals surface area contributed by atoms with Crippen molar-refractivity contribution in [1.82, 2.24) is 5.16 Å². The van der Waals surface area contributed by atoms with E-state index in [1.807, 2.05) is 37.3 Å². The van der Waals surface area contributed by atoms with Crippen LogP contribution >= 0.6 is 0 Å². The zero-order valence-electron chi connectivity index (χ0n) is 14.8. The summed E-state index contributed by atoms with van der Waals surface area (Å²) in [5, 5.41) is 3.86. The molecule has 140 valence electrons. The topological polar surface area (TPSA) is 86.5 Å². The Kier molecular flexibility index (Phi) is 5.71. The van der Waals surface area contributed by atoms with Gasteiger partial charge in [-0.1, -0.05) is 53.2 Å². The van der Waals surface area contributed by atoms with E-state index < -0.39 is 15.8 Å². The smallest absolute Gasteiger partial charge is 0.307 e. The second-order valence-corrected chi connectivity index (χ2v) is 8.20. The highest BCUT2D eigenvalue weighted by molar-refractivity contribution is 7.91. The zero-order chi connectivity index (χ0) is 19.3. The van der Waals surface area contributed by atoms with Crippen LogP contribution in [0.1, 0.15) is 17.7 Å². The molecule has 0 N–H and O–H groups in total. The van der Waals surface area contributed by atoms with Crippen LogP contribution in [-0.2, 0) is 26.0 Å². The van der Waals surface area contributed by atoms with E-state index in [0.29, 0.717) is 11.5 Å². The molecule has 0 saturated carbocycles. The van der Waals surface area contributed by atoms with Gasteiger partial charge in [0.25, 0.3) is 0 Å². The Morgan fingerprint density at radius 3 is 2.48 bits per heavy atom. The molecule has 0 bridgehead atoms. The van der Waals surface area contributed by atoms with Crippen molar-refractivity contribution >= 4 is 15.8 Å². The lowest BCUT2D eigenvalue weighted by Crippen LogP contribution is -2.13. The Balaban J connectivity index is 1.51. The van der Waals surface area contributed by atoms with Crippen LogP contribution in [0.15, 0.2) is 70.1 Å². The molecule has 0 aliphatic carbocycles. The van der Waals surface area contributed by atoms with Gasteiger partial charge < -0.3 is 9.26 Å². The zero-order valence-corrected chi connectivity index (χ0v) is 15.6. The van der Waals surface area contributed by atoms with Gasteiger partial charge in [-0.05, 0) is 19.1 Å². The summed E-state index contributed by atoms with van der Waals surface area (Å²) in [5.74, 6) is -0.332. The molecule has 0 atom stereocenters. The van der Waals surface area contributed by atoms with Crippen molar-refractivity contribution in [2.75, 3.05) is 5.75 Å². The van der Waals surface area contributed by atoms with E-state index >= 15 is 0 Å². The molecule has 0 aliphatic rings. The summed E-state index contributed by atoms with van der Waals surface area (Å²) >= 11 is 0. The van der Waals surface area contributed by atoms with Crippen LogP contribution < -0.4 is 0 Å². The average molecular weight is 385 g/mol. The first-order valence-electron chi connectivity index (χ1n) is 8.40. The summed E-state index contributed by atoms with van der Waals surface area (Å²) in [5.41, 5.74) is 2.30. The number of benzene rings is 2. The maximum Gasteiger partial charge on any atom is 0.307 e. The number of hydrogen-bond donors (Lipinski definition) is 0. The predicted octanol–water partition coefficient (Wildman–Crippen LogP) is 3.56. The monoisotopic (exact) mass is 385 g/mol. The number of aromatic nitrogens is 1. The largest absolute Gasteiger partial charge is 0.459 e. The van der Waals surface area contributed by atoms with Crippen LogP contribution in [0.3, 0.4) is 0 Å². The Labute approximate surface area is 157 Å². The molecular formula is C20H19NO5S. The van der Waals surface area contributed by atoms with Gasteiger partial charge in [-0.25, -0.2) is 8.42 Å². The Morgan fingerprint density at radius 2 is 1.78 bits per heavy atom. The summed E-state index contributed by atoms with van der Waals surface area (Å²) in [4.78, 5) is 12.1. The van der Waals surface area contributed by atoms with Crippen molar-refractivity contribution in [2.45, 2.75) is 24.8 Å². The van der Waals surface area contributed by atoms with Crippen molar-refractivity contribution in [3.8, 4) is 11.3 Å². The van der Waals surface area contributed by atoms with Gasteiger partial charge in [-0.15, -0.1) is 0 Å². The number of ether oxygens (including phenoxy) is 1. The SMILES string of the molecule is Cc1ccc(S(=O)(=O)CCC(=O)OCc2cc(-c3ccccc3)on2)cc1. The highest BCUT2D eigenvalue weighted by atomic mass is 32.2. The maximum absolute atomic E-state index is 12.2. The fourth-order valence-electron chi connectivity index (χ4n) is 2.43. The molecule has 0 radical (unpaired) electrons. The number of hydrogen-bond acceptors (Lipinski definition) is 6. The molecule has 0 aliphatic heterocycles. The number of carbonyl (C=O) groups is 1. The third-order valence-electron chi connectivity index (χ3n) is 3.95. The van der Waals surface area contributed by atoms with Gasteiger partial charge in [0, 0.05) is 11.6 Å². The molecule has 3 rings (SSSR count). The maximum atomic E-state index is 12.2. The molecule has 1 aromatic heterocycles. The first-order valence-corrected chi connectivity index (χ1v) is 10.1. The van der Waals surface area contributed by atoms with Gasteiger partial charge in [0.05, 0.1) is 17.1 Å². The number of nitrogens with zero attached hydrogens (tertiary/aromatic N) is 1. The molecule has 7 heteroatoms. The third kappa shape index (κ3) is 5.04. The molecule has 6 nitrogen and oxygen atoms in total. The van der Waals surface area contributed by atoms with E-state index in [4.69, 9.17) is 9.26 Å². The third-order valence-corrected chi connectivity index (χ3v) is 5.69. The van der Waals surface area contributed by atoms with Gasteiger partial charge in [-0.2, -0.15) is 0 Å². The van der Waals surface area contributed by atoms with Gasteiger partial charge in [0.15, 0.2) is 15.6 Å². The number of aryl methyl sites for hydroxylation is 1. The van der Waals surface area contributed by atoms with Crippen molar-refractivity contribution < 1.29 is 22.5 Å². The fraction of sp³-hybridized carbons (Fsp3) is 0.200. The molecule has 3 aromatic rings. The molecule has 1 heterocycles. The van der Waals surface area contributed by atoms with Crippen LogP contribution in [0.25, 0.3) is 11.3 Å². The first-order chi connectivity index (χ1) is 12.9. The fourth-order valence-corrected chi connectivity index (χ4v) is 3.65. The van der Waals surface area contributed by atoms with E-state index in [1.165, 1.54) is 12.1 Å². The lowest BCUT2D eigenvalue weighted by atomic mass is 10.2. The summed E-state index contributed by atoms with van der Waals surface area (Å²) in [6.45, 7) is 1.81. The van der Waals surface area contributed by atoms with Gasteiger partial charge in [0.1, 0.15) is 12.3 Å². The predicted molar refractivity (Wildman–Crippen MR) is 99.6 cm³/mol.